The first kappa shape index (κ1) is 17.7. The highest BCUT2D eigenvalue weighted by Crippen LogP contribution is 2.25. The van der Waals surface area contributed by atoms with Crippen LogP contribution in [-0.2, 0) is 11.2 Å². The number of carbonyl (C=O) groups excluding carboxylic acids is 3. The molecule has 5 nitrogen and oxygen atoms in total. The lowest BCUT2D eigenvalue weighted by Crippen LogP contribution is -2.35. The Morgan fingerprint density at radius 1 is 0.962 bits per heavy atom. The van der Waals surface area contributed by atoms with Crippen LogP contribution in [0.25, 0.3) is 0 Å². The molecule has 0 fully saturated rings. The molecule has 0 spiro atoms. The molecule has 0 bridgehead atoms. The Labute approximate surface area is 148 Å². The third kappa shape index (κ3) is 3.46. The van der Waals surface area contributed by atoms with Crippen LogP contribution in [0.15, 0.2) is 42.5 Å². The van der Waals surface area contributed by atoms with E-state index in [9.17, 15) is 23.2 Å². The summed E-state index contributed by atoms with van der Waals surface area (Å²) in [6, 6.07) is 10.1. The first-order valence-corrected chi connectivity index (χ1v) is 8.14. The maximum Gasteiger partial charge on any atom is 0.264 e. The van der Waals surface area contributed by atoms with E-state index in [1.54, 1.807) is 18.2 Å². The summed E-state index contributed by atoms with van der Waals surface area (Å²) < 4.78 is 27.2. The minimum absolute atomic E-state index is 0.00922. The van der Waals surface area contributed by atoms with Crippen LogP contribution in [0.3, 0.4) is 0 Å². The van der Waals surface area contributed by atoms with Gasteiger partial charge in [-0.05, 0) is 30.2 Å². The average molecular weight is 358 g/mol. The van der Waals surface area contributed by atoms with E-state index in [4.69, 9.17) is 0 Å². The fourth-order valence-corrected chi connectivity index (χ4v) is 2.83. The summed E-state index contributed by atoms with van der Waals surface area (Å²) in [5, 5.41) is 2.62. The molecule has 0 aromatic heterocycles. The van der Waals surface area contributed by atoms with Crippen molar-refractivity contribution in [2.45, 2.75) is 12.8 Å². The molecule has 0 aliphatic carbocycles. The maximum atomic E-state index is 13.7. The van der Waals surface area contributed by atoms with Crippen molar-refractivity contribution >= 4 is 17.7 Å². The molecule has 2 aromatic carbocycles. The van der Waals surface area contributed by atoms with Gasteiger partial charge in [-0.15, -0.1) is 0 Å². The summed E-state index contributed by atoms with van der Waals surface area (Å²) in [7, 11) is 0. The van der Waals surface area contributed by atoms with Crippen molar-refractivity contribution in [1.82, 2.24) is 10.2 Å². The summed E-state index contributed by atoms with van der Waals surface area (Å²) in [6.07, 6.45) is 0.223. The van der Waals surface area contributed by atoms with Crippen LogP contribution >= 0.6 is 0 Å². The van der Waals surface area contributed by atoms with Gasteiger partial charge in [-0.1, -0.05) is 24.3 Å². The van der Waals surface area contributed by atoms with E-state index in [1.807, 2.05) is 0 Å². The number of rotatable bonds is 6. The minimum atomic E-state index is -0.752. The van der Waals surface area contributed by atoms with Crippen LogP contribution in [0, 0.1) is 11.6 Å². The predicted molar refractivity (Wildman–Crippen MR) is 89.5 cm³/mol. The van der Waals surface area contributed by atoms with Crippen molar-refractivity contribution in [3.05, 3.63) is 70.8 Å². The van der Waals surface area contributed by atoms with Gasteiger partial charge in [0.15, 0.2) is 0 Å². The first-order valence-electron chi connectivity index (χ1n) is 8.14. The Kier molecular flexibility index (Phi) is 5.06. The van der Waals surface area contributed by atoms with Gasteiger partial charge in [0.05, 0.1) is 11.1 Å². The molecule has 0 unspecified atom stereocenters. The van der Waals surface area contributed by atoms with E-state index >= 15 is 0 Å². The van der Waals surface area contributed by atoms with Gasteiger partial charge in [0.2, 0.25) is 5.91 Å². The van der Waals surface area contributed by atoms with E-state index in [-0.39, 0.29) is 42.4 Å². The second-order valence-corrected chi connectivity index (χ2v) is 5.87. The molecular weight excluding hydrogens is 342 g/mol. The first-order chi connectivity index (χ1) is 12.5. The molecule has 26 heavy (non-hydrogen) atoms. The Bertz CT molecular complexity index is 883. The zero-order chi connectivity index (χ0) is 18.7. The molecule has 134 valence electrons. The summed E-state index contributed by atoms with van der Waals surface area (Å²) in [5.74, 6) is -2.81. The highest BCUT2D eigenvalue weighted by molar-refractivity contribution is 6.21. The number of hydrogen-bond donors (Lipinski definition) is 1. The van der Waals surface area contributed by atoms with Gasteiger partial charge in [-0.3, -0.25) is 19.3 Å². The molecule has 3 amide bonds. The third-order valence-electron chi connectivity index (χ3n) is 4.19. The molecule has 0 atom stereocenters. The topological polar surface area (TPSA) is 66.5 Å². The number of benzene rings is 2. The van der Waals surface area contributed by atoms with Crippen molar-refractivity contribution in [3.63, 3.8) is 0 Å². The number of nitrogens with zero attached hydrogens (tertiary/aromatic N) is 1. The lowest BCUT2D eigenvalue weighted by atomic mass is 10.1. The fourth-order valence-electron chi connectivity index (χ4n) is 2.83. The van der Waals surface area contributed by atoms with Gasteiger partial charge >= 0.3 is 0 Å². The number of halogens is 2. The van der Waals surface area contributed by atoms with E-state index in [0.29, 0.717) is 12.0 Å². The SMILES string of the molecule is O=C(CCN1C(=O)c2cccc(F)c2C1=O)NCCc1ccccc1F. The molecule has 1 aliphatic rings. The minimum Gasteiger partial charge on any atom is -0.356 e. The zero-order valence-corrected chi connectivity index (χ0v) is 13.8. The number of carbonyl (C=O) groups is 3. The summed E-state index contributed by atoms with van der Waals surface area (Å²) in [4.78, 5) is 37.1. The molecular formula is C19H16F2N2O3. The number of hydrogen-bond acceptors (Lipinski definition) is 3. The van der Waals surface area contributed by atoms with E-state index < -0.39 is 17.6 Å². The monoisotopic (exact) mass is 358 g/mol. The van der Waals surface area contributed by atoms with Crippen LogP contribution in [0.4, 0.5) is 8.78 Å². The molecule has 0 saturated carbocycles. The molecule has 3 rings (SSSR count). The quantitative estimate of drug-likeness (QED) is 0.806. The van der Waals surface area contributed by atoms with Gasteiger partial charge in [-0.25, -0.2) is 8.78 Å². The molecule has 7 heteroatoms. The normalized spacial score (nSPS) is 13.1. The van der Waals surface area contributed by atoms with E-state index in [0.717, 1.165) is 11.0 Å². The molecule has 0 saturated heterocycles. The molecule has 1 aliphatic heterocycles. The number of imide groups is 1. The molecule has 0 radical (unpaired) electrons. The number of fused-ring (bicyclic) bond motifs is 1. The number of amides is 3. The van der Waals surface area contributed by atoms with Crippen LogP contribution in [0.5, 0.6) is 0 Å². The van der Waals surface area contributed by atoms with Crippen molar-refractivity contribution in [1.29, 1.82) is 0 Å². The summed E-state index contributed by atoms with van der Waals surface area (Å²) in [6.45, 7) is 0.0911. The smallest absolute Gasteiger partial charge is 0.264 e. The Balaban J connectivity index is 1.51. The van der Waals surface area contributed by atoms with E-state index in [2.05, 4.69) is 5.32 Å². The van der Waals surface area contributed by atoms with Crippen LogP contribution < -0.4 is 5.32 Å². The summed E-state index contributed by atoms with van der Waals surface area (Å²) in [5.41, 5.74) is 0.246. The standard InChI is InChI=1S/C19H16F2N2O3/c20-14-6-2-1-4-12(14)8-10-22-16(24)9-11-23-18(25)13-5-3-7-15(21)17(13)19(23)26/h1-7H,8-11H2,(H,22,24). The lowest BCUT2D eigenvalue weighted by molar-refractivity contribution is -0.121. The van der Waals surface area contributed by atoms with Crippen molar-refractivity contribution in [2.75, 3.05) is 13.1 Å². The molecule has 2 aromatic rings. The second kappa shape index (κ2) is 7.43. The fraction of sp³-hybridized carbons (Fsp3) is 0.211. The predicted octanol–water partition coefficient (Wildman–Crippen LogP) is 2.31. The van der Waals surface area contributed by atoms with Gasteiger partial charge in [0.1, 0.15) is 11.6 Å². The Hall–Kier alpha value is -3.09. The lowest BCUT2D eigenvalue weighted by Gasteiger charge is -2.13. The highest BCUT2D eigenvalue weighted by Gasteiger charge is 2.37. The largest absolute Gasteiger partial charge is 0.356 e. The van der Waals surface area contributed by atoms with Gasteiger partial charge < -0.3 is 5.32 Å². The maximum absolute atomic E-state index is 13.7. The van der Waals surface area contributed by atoms with Gasteiger partial charge in [0.25, 0.3) is 11.8 Å². The van der Waals surface area contributed by atoms with Crippen LogP contribution in [0.2, 0.25) is 0 Å². The second-order valence-electron chi connectivity index (χ2n) is 5.87. The van der Waals surface area contributed by atoms with Crippen LogP contribution in [-0.4, -0.2) is 35.7 Å². The third-order valence-corrected chi connectivity index (χ3v) is 4.19. The average Bonchev–Trinajstić information content (AvgIpc) is 2.87. The van der Waals surface area contributed by atoms with Gasteiger partial charge in [-0.2, -0.15) is 0 Å². The van der Waals surface area contributed by atoms with Gasteiger partial charge in [0, 0.05) is 19.5 Å². The van der Waals surface area contributed by atoms with Crippen molar-refractivity contribution in [2.24, 2.45) is 0 Å². The number of nitrogens with one attached hydrogen (secondary N) is 1. The van der Waals surface area contributed by atoms with Crippen LogP contribution in [0.1, 0.15) is 32.7 Å². The zero-order valence-electron chi connectivity index (χ0n) is 13.8. The Morgan fingerprint density at radius 2 is 1.69 bits per heavy atom. The summed E-state index contributed by atoms with van der Waals surface area (Å²) >= 11 is 0. The molecule has 1 N–H and O–H groups in total. The molecule has 1 heterocycles. The van der Waals surface area contributed by atoms with E-state index in [1.165, 1.54) is 18.2 Å². The van der Waals surface area contributed by atoms with Crippen molar-refractivity contribution < 1.29 is 23.2 Å². The Morgan fingerprint density at radius 3 is 2.42 bits per heavy atom. The highest BCUT2D eigenvalue weighted by atomic mass is 19.1. The van der Waals surface area contributed by atoms with Crippen molar-refractivity contribution in [3.8, 4) is 0 Å².